The molecule has 0 saturated carbocycles. The van der Waals surface area contributed by atoms with Gasteiger partial charge in [-0.1, -0.05) is 6.07 Å². The highest BCUT2D eigenvalue weighted by molar-refractivity contribution is 7.99. The number of amides is 1. The number of hydrogen-bond donors (Lipinski definition) is 1. The van der Waals surface area contributed by atoms with E-state index in [1.54, 1.807) is 25.1 Å². The Morgan fingerprint density at radius 3 is 2.76 bits per heavy atom. The predicted molar refractivity (Wildman–Crippen MR) is 102 cm³/mol. The minimum Gasteiger partial charge on any atom is -0.497 e. The summed E-state index contributed by atoms with van der Waals surface area (Å²) >= 11 is 3.04. The van der Waals surface area contributed by atoms with Gasteiger partial charge in [-0.05, 0) is 36.4 Å². The van der Waals surface area contributed by atoms with Crippen LogP contribution < -0.4 is 10.1 Å². The van der Waals surface area contributed by atoms with Gasteiger partial charge in [0.2, 0.25) is 5.91 Å². The molecular formula is C18H17N3O2S2. The third kappa shape index (κ3) is 5.04. The summed E-state index contributed by atoms with van der Waals surface area (Å²) in [5.74, 6) is 1.49. The summed E-state index contributed by atoms with van der Waals surface area (Å²) in [7, 11) is 1.64. The van der Waals surface area contributed by atoms with Gasteiger partial charge in [0.05, 0.1) is 12.8 Å². The fourth-order valence-corrected chi connectivity index (χ4v) is 3.65. The predicted octanol–water partition coefficient (Wildman–Crippen LogP) is 4.33. The highest BCUT2D eigenvalue weighted by Crippen LogP contribution is 2.24. The number of anilines is 1. The molecule has 3 aromatic rings. The Hall–Kier alpha value is -2.38. The molecule has 0 spiro atoms. The lowest BCUT2D eigenvalue weighted by Crippen LogP contribution is -2.11. The first kappa shape index (κ1) is 17.4. The fourth-order valence-electron chi connectivity index (χ4n) is 2.08. The second-order valence-corrected chi connectivity index (χ2v) is 7.10. The van der Waals surface area contributed by atoms with Crippen molar-refractivity contribution in [2.45, 2.75) is 11.3 Å². The Morgan fingerprint density at radius 2 is 2.04 bits per heavy atom. The molecule has 128 valence electrons. The van der Waals surface area contributed by atoms with Gasteiger partial charge in [-0.25, -0.2) is 4.98 Å². The van der Waals surface area contributed by atoms with E-state index >= 15 is 0 Å². The number of thioether (sulfide) groups is 1. The average Bonchev–Trinajstić information content (AvgIpc) is 3.11. The summed E-state index contributed by atoms with van der Waals surface area (Å²) in [6, 6.07) is 13.5. The molecule has 5 nitrogen and oxygen atoms in total. The molecule has 0 radical (unpaired) electrons. The van der Waals surface area contributed by atoms with Gasteiger partial charge < -0.3 is 10.1 Å². The van der Waals surface area contributed by atoms with Crippen LogP contribution in [0.5, 0.6) is 5.75 Å². The van der Waals surface area contributed by atoms with E-state index in [4.69, 9.17) is 4.74 Å². The van der Waals surface area contributed by atoms with Gasteiger partial charge in [0.15, 0.2) is 5.13 Å². The number of aromatic nitrogens is 2. The number of nitrogens with one attached hydrogen (secondary N) is 1. The van der Waals surface area contributed by atoms with Crippen LogP contribution in [0.15, 0.2) is 58.9 Å². The zero-order valence-electron chi connectivity index (χ0n) is 13.6. The van der Waals surface area contributed by atoms with E-state index in [0.717, 1.165) is 22.0 Å². The number of carbonyl (C=O) groups excluding carboxylic acids is 1. The Balaban J connectivity index is 1.47. The number of pyridine rings is 1. The third-order valence-corrected chi connectivity index (χ3v) is 5.11. The van der Waals surface area contributed by atoms with Crippen LogP contribution >= 0.6 is 23.1 Å². The number of methoxy groups -OCH3 is 1. The van der Waals surface area contributed by atoms with E-state index in [9.17, 15) is 4.79 Å². The normalized spacial score (nSPS) is 10.4. The maximum absolute atomic E-state index is 12.1. The molecule has 0 atom stereocenters. The highest BCUT2D eigenvalue weighted by Gasteiger charge is 2.09. The first-order valence-corrected chi connectivity index (χ1v) is 9.55. The fraction of sp³-hybridized carbons (Fsp3) is 0.167. The van der Waals surface area contributed by atoms with E-state index in [-0.39, 0.29) is 5.91 Å². The minimum absolute atomic E-state index is 0.0390. The number of rotatable bonds is 7. The standard InChI is InChI=1S/C18H17N3O2S2/c1-23-13-5-7-14(8-6-13)24-11-9-17(22)21-18-20-16(12-25-18)15-4-2-3-10-19-15/h2-8,10,12H,9,11H2,1H3,(H,20,21,22). The molecular weight excluding hydrogens is 354 g/mol. The SMILES string of the molecule is COc1ccc(SCCC(=O)Nc2nc(-c3ccccn3)cs2)cc1. The molecule has 0 aliphatic carbocycles. The second kappa shape index (κ2) is 8.64. The van der Waals surface area contributed by atoms with Gasteiger partial charge in [0, 0.05) is 28.6 Å². The zero-order valence-corrected chi connectivity index (χ0v) is 15.3. The van der Waals surface area contributed by atoms with E-state index in [2.05, 4.69) is 15.3 Å². The maximum Gasteiger partial charge on any atom is 0.226 e. The van der Waals surface area contributed by atoms with Crippen LogP contribution in [0.25, 0.3) is 11.4 Å². The van der Waals surface area contributed by atoms with Crippen LogP contribution in [0.4, 0.5) is 5.13 Å². The third-order valence-electron chi connectivity index (χ3n) is 3.34. The van der Waals surface area contributed by atoms with E-state index < -0.39 is 0 Å². The minimum atomic E-state index is -0.0390. The van der Waals surface area contributed by atoms with E-state index in [1.807, 2.05) is 47.8 Å². The first-order valence-electron chi connectivity index (χ1n) is 7.68. The molecule has 0 aliphatic heterocycles. The van der Waals surface area contributed by atoms with Crippen LogP contribution in [-0.2, 0) is 4.79 Å². The number of thiazole rings is 1. The molecule has 3 rings (SSSR count). The van der Waals surface area contributed by atoms with Crippen molar-refractivity contribution < 1.29 is 9.53 Å². The monoisotopic (exact) mass is 371 g/mol. The molecule has 1 aromatic carbocycles. The Bertz CT molecular complexity index is 820. The number of hydrogen-bond acceptors (Lipinski definition) is 6. The van der Waals surface area contributed by atoms with Gasteiger partial charge in [0.25, 0.3) is 0 Å². The van der Waals surface area contributed by atoms with Crippen molar-refractivity contribution in [2.24, 2.45) is 0 Å². The zero-order chi connectivity index (χ0) is 17.5. The smallest absolute Gasteiger partial charge is 0.226 e. The summed E-state index contributed by atoms with van der Waals surface area (Å²) in [6.45, 7) is 0. The number of ether oxygens (including phenoxy) is 1. The lowest BCUT2D eigenvalue weighted by Gasteiger charge is -2.04. The van der Waals surface area contributed by atoms with Crippen molar-refractivity contribution in [2.75, 3.05) is 18.2 Å². The molecule has 1 N–H and O–H groups in total. The molecule has 2 heterocycles. The van der Waals surface area contributed by atoms with Crippen LogP contribution in [-0.4, -0.2) is 28.7 Å². The quantitative estimate of drug-likeness (QED) is 0.626. The lowest BCUT2D eigenvalue weighted by atomic mass is 10.3. The summed E-state index contributed by atoms with van der Waals surface area (Å²) in [5, 5.41) is 5.33. The first-order chi connectivity index (χ1) is 12.2. The molecule has 0 unspecified atom stereocenters. The lowest BCUT2D eigenvalue weighted by molar-refractivity contribution is -0.115. The van der Waals surface area contributed by atoms with Crippen molar-refractivity contribution in [3.8, 4) is 17.1 Å². The average molecular weight is 371 g/mol. The molecule has 7 heteroatoms. The van der Waals surface area contributed by atoms with Gasteiger partial charge in [-0.15, -0.1) is 23.1 Å². The maximum atomic E-state index is 12.1. The molecule has 0 fully saturated rings. The van der Waals surface area contributed by atoms with Gasteiger partial charge in [-0.2, -0.15) is 0 Å². The molecule has 0 aliphatic rings. The van der Waals surface area contributed by atoms with Gasteiger partial charge in [-0.3, -0.25) is 9.78 Å². The molecule has 2 aromatic heterocycles. The van der Waals surface area contributed by atoms with E-state index in [0.29, 0.717) is 17.3 Å². The summed E-state index contributed by atoms with van der Waals surface area (Å²) in [5.41, 5.74) is 1.57. The van der Waals surface area contributed by atoms with Crippen molar-refractivity contribution >= 4 is 34.1 Å². The summed E-state index contributed by atoms with van der Waals surface area (Å²) in [6.07, 6.45) is 2.15. The van der Waals surface area contributed by atoms with Crippen LogP contribution in [0.2, 0.25) is 0 Å². The number of nitrogens with zero attached hydrogens (tertiary/aromatic N) is 2. The molecule has 0 saturated heterocycles. The highest BCUT2D eigenvalue weighted by atomic mass is 32.2. The number of benzene rings is 1. The van der Waals surface area contributed by atoms with Crippen molar-refractivity contribution in [3.05, 3.63) is 54.0 Å². The summed E-state index contributed by atoms with van der Waals surface area (Å²) < 4.78 is 5.13. The molecule has 0 bridgehead atoms. The van der Waals surface area contributed by atoms with Gasteiger partial charge in [0.1, 0.15) is 11.4 Å². The Kier molecular flexibility index (Phi) is 6.03. The second-order valence-electron chi connectivity index (χ2n) is 5.08. The van der Waals surface area contributed by atoms with Crippen molar-refractivity contribution in [3.63, 3.8) is 0 Å². The van der Waals surface area contributed by atoms with Crippen molar-refractivity contribution in [1.29, 1.82) is 0 Å². The Morgan fingerprint density at radius 1 is 1.20 bits per heavy atom. The van der Waals surface area contributed by atoms with Crippen LogP contribution in [0.1, 0.15) is 6.42 Å². The molecule has 1 amide bonds. The largest absolute Gasteiger partial charge is 0.497 e. The Labute approximate surface area is 154 Å². The topological polar surface area (TPSA) is 64.1 Å². The van der Waals surface area contributed by atoms with Crippen molar-refractivity contribution in [1.82, 2.24) is 9.97 Å². The van der Waals surface area contributed by atoms with Crippen LogP contribution in [0, 0.1) is 0 Å². The number of carbonyl (C=O) groups is 1. The van der Waals surface area contributed by atoms with E-state index in [1.165, 1.54) is 11.3 Å². The molecule has 25 heavy (non-hydrogen) atoms. The van der Waals surface area contributed by atoms with Crippen LogP contribution in [0.3, 0.4) is 0 Å². The van der Waals surface area contributed by atoms with Gasteiger partial charge >= 0.3 is 0 Å². The summed E-state index contributed by atoms with van der Waals surface area (Å²) in [4.78, 5) is 21.8.